The molecule has 1 atom stereocenters. The lowest BCUT2D eigenvalue weighted by atomic mass is 9.77. The summed E-state index contributed by atoms with van der Waals surface area (Å²) in [5.41, 5.74) is 3.74. The Morgan fingerprint density at radius 1 is 0.828 bits per heavy atom. The summed E-state index contributed by atoms with van der Waals surface area (Å²) in [6.45, 7) is 15.9. The normalized spacial score (nSPS) is 17.3. The van der Waals surface area contributed by atoms with Crippen molar-refractivity contribution in [1.82, 2.24) is 4.90 Å². The van der Waals surface area contributed by atoms with Crippen molar-refractivity contribution in [2.75, 3.05) is 26.3 Å². The number of morpholine rings is 1. The topological polar surface area (TPSA) is 52.9 Å². The quantitative estimate of drug-likeness (QED) is 0.755. The molecular weight excluding hydrogens is 362 g/mol. The van der Waals surface area contributed by atoms with E-state index in [9.17, 15) is 10.2 Å². The second-order valence-electron chi connectivity index (χ2n) is 10.1. The lowest BCUT2D eigenvalue weighted by Crippen LogP contribution is -2.39. The number of phenolic OH excluding ortho intramolecular Hbond substituents is 2. The Balaban J connectivity index is 2.24. The molecule has 2 aromatic carbocycles. The van der Waals surface area contributed by atoms with Gasteiger partial charge < -0.3 is 14.9 Å². The zero-order valence-corrected chi connectivity index (χ0v) is 18.6. The van der Waals surface area contributed by atoms with Gasteiger partial charge in [0.25, 0.3) is 0 Å². The molecule has 0 bridgehead atoms. The molecule has 3 rings (SSSR count). The van der Waals surface area contributed by atoms with Crippen LogP contribution >= 0.6 is 0 Å². The summed E-state index contributed by atoms with van der Waals surface area (Å²) in [6, 6.07) is 11.8. The van der Waals surface area contributed by atoms with Gasteiger partial charge in [0.1, 0.15) is 11.5 Å². The van der Waals surface area contributed by atoms with Crippen molar-refractivity contribution < 1.29 is 14.9 Å². The number of rotatable bonds is 3. The van der Waals surface area contributed by atoms with E-state index in [1.807, 2.05) is 12.1 Å². The molecule has 0 spiro atoms. The van der Waals surface area contributed by atoms with Crippen LogP contribution < -0.4 is 0 Å². The highest BCUT2D eigenvalue weighted by atomic mass is 16.5. The summed E-state index contributed by atoms with van der Waals surface area (Å²) in [7, 11) is 0. The monoisotopic (exact) mass is 397 g/mol. The van der Waals surface area contributed by atoms with Gasteiger partial charge in [-0.1, -0.05) is 53.7 Å². The summed E-state index contributed by atoms with van der Waals surface area (Å²) < 4.78 is 5.59. The van der Waals surface area contributed by atoms with Crippen LogP contribution in [0.25, 0.3) is 0 Å². The average Bonchev–Trinajstić information content (AvgIpc) is 2.62. The van der Waals surface area contributed by atoms with Gasteiger partial charge in [0.2, 0.25) is 0 Å². The van der Waals surface area contributed by atoms with Gasteiger partial charge in [0.05, 0.1) is 19.3 Å². The van der Waals surface area contributed by atoms with Gasteiger partial charge >= 0.3 is 0 Å². The van der Waals surface area contributed by atoms with E-state index < -0.39 is 0 Å². The maximum atomic E-state index is 11.1. The Morgan fingerprint density at radius 3 is 1.86 bits per heavy atom. The molecule has 1 aliphatic heterocycles. The molecule has 4 nitrogen and oxygen atoms in total. The lowest BCUT2D eigenvalue weighted by Gasteiger charge is -2.37. The molecule has 0 amide bonds. The number of hydrogen-bond acceptors (Lipinski definition) is 4. The Hall–Kier alpha value is -2.04. The van der Waals surface area contributed by atoms with Gasteiger partial charge in [-0.2, -0.15) is 0 Å². The second kappa shape index (κ2) is 8.00. The first-order valence-electron chi connectivity index (χ1n) is 10.5. The van der Waals surface area contributed by atoms with Crippen LogP contribution in [0, 0.1) is 0 Å². The van der Waals surface area contributed by atoms with Crippen LogP contribution in [-0.4, -0.2) is 41.4 Å². The molecule has 0 aromatic heterocycles. The molecule has 1 fully saturated rings. The SMILES string of the molecule is CC(C)(C)c1cc([C@H](c2cccc(O)c2)N2CCOCC2)cc(C(C)(C)C)c1O. The Labute approximate surface area is 175 Å². The minimum absolute atomic E-state index is 0.00574. The van der Waals surface area contributed by atoms with Gasteiger partial charge in [0.15, 0.2) is 0 Å². The molecule has 0 radical (unpaired) electrons. The highest BCUT2D eigenvalue weighted by molar-refractivity contribution is 5.52. The van der Waals surface area contributed by atoms with Gasteiger partial charge in [-0.15, -0.1) is 0 Å². The minimum atomic E-state index is -0.186. The van der Waals surface area contributed by atoms with Crippen molar-refractivity contribution in [1.29, 1.82) is 0 Å². The van der Waals surface area contributed by atoms with Crippen LogP contribution in [0.2, 0.25) is 0 Å². The summed E-state index contributed by atoms with van der Waals surface area (Å²) in [4.78, 5) is 2.41. The fraction of sp³-hybridized carbons (Fsp3) is 0.520. The predicted octanol–water partition coefficient (Wildman–Crippen LogP) is 5.11. The molecule has 4 heteroatoms. The molecule has 1 heterocycles. The van der Waals surface area contributed by atoms with Gasteiger partial charge in [-0.3, -0.25) is 4.90 Å². The van der Waals surface area contributed by atoms with Crippen LogP contribution in [0.3, 0.4) is 0 Å². The molecule has 1 aliphatic rings. The summed E-state index contributed by atoms with van der Waals surface area (Å²) >= 11 is 0. The third kappa shape index (κ3) is 4.76. The molecule has 2 N–H and O–H groups in total. The van der Waals surface area contributed by atoms with Gasteiger partial charge in [0, 0.05) is 13.1 Å². The first-order valence-corrected chi connectivity index (χ1v) is 10.5. The van der Waals surface area contributed by atoms with E-state index >= 15 is 0 Å². The first kappa shape index (κ1) is 21.7. The number of benzene rings is 2. The van der Waals surface area contributed by atoms with E-state index in [0.29, 0.717) is 19.0 Å². The zero-order valence-electron chi connectivity index (χ0n) is 18.6. The maximum Gasteiger partial charge on any atom is 0.123 e. The fourth-order valence-corrected chi connectivity index (χ4v) is 4.10. The molecule has 0 saturated carbocycles. The third-order valence-corrected chi connectivity index (χ3v) is 5.66. The van der Waals surface area contributed by atoms with Crippen molar-refractivity contribution in [2.24, 2.45) is 0 Å². The van der Waals surface area contributed by atoms with Crippen LogP contribution in [0.5, 0.6) is 11.5 Å². The van der Waals surface area contributed by atoms with Crippen molar-refractivity contribution in [3.8, 4) is 11.5 Å². The van der Waals surface area contributed by atoms with E-state index in [1.165, 1.54) is 0 Å². The largest absolute Gasteiger partial charge is 0.508 e. The van der Waals surface area contributed by atoms with E-state index in [0.717, 1.165) is 35.3 Å². The van der Waals surface area contributed by atoms with Crippen LogP contribution in [-0.2, 0) is 15.6 Å². The summed E-state index contributed by atoms with van der Waals surface area (Å²) in [6.07, 6.45) is 0. The van der Waals surface area contributed by atoms with Crippen molar-refractivity contribution in [3.63, 3.8) is 0 Å². The van der Waals surface area contributed by atoms with Crippen molar-refractivity contribution in [3.05, 3.63) is 58.7 Å². The summed E-state index contributed by atoms with van der Waals surface area (Å²) in [5.74, 6) is 0.664. The lowest BCUT2D eigenvalue weighted by molar-refractivity contribution is 0.0239. The van der Waals surface area contributed by atoms with Gasteiger partial charge in [-0.25, -0.2) is 0 Å². The number of phenols is 2. The standard InChI is InChI=1S/C25H35NO3/c1-24(2,3)20-15-18(16-21(23(20)28)25(4,5)6)22(26-10-12-29-13-11-26)17-8-7-9-19(27)14-17/h7-9,14-16,22,27-28H,10-13H2,1-6H3/t22-/m0/s1. The van der Waals surface area contributed by atoms with Gasteiger partial charge in [-0.05, 0) is 57.3 Å². The predicted molar refractivity (Wildman–Crippen MR) is 118 cm³/mol. The van der Waals surface area contributed by atoms with E-state index in [-0.39, 0.29) is 22.6 Å². The number of aromatic hydroxyl groups is 2. The Bertz CT molecular complexity index is 820. The summed E-state index contributed by atoms with van der Waals surface area (Å²) in [5, 5.41) is 21.3. The van der Waals surface area contributed by atoms with E-state index in [2.05, 4.69) is 64.6 Å². The highest BCUT2D eigenvalue weighted by Crippen LogP contribution is 2.43. The molecule has 0 unspecified atom stereocenters. The fourth-order valence-electron chi connectivity index (χ4n) is 4.10. The molecule has 2 aromatic rings. The number of hydrogen-bond donors (Lipinski definition) is 2. The maximum absolute atomic E-state index is 11.1. The van der Waals surface area contributed by atoms with Crippen LogP contribution in [0.4, 0.5) is 0 Å². The molecule has 158 valence electrons. The Kier molecular flexibility index (Phi) is 5.98. The second-order valence-corrected chi connectivity index (χ2v) is 10.1. The third-order valence-electron chi connectivity index (χ3n) is 5.66. The minimum Gasteiger partial charge on any atom is -0.508 e. The molecular formula is C25H35NO3. The van der Waals surface area contributed by atoms with E-state index in [4.69, 9.17) is 4.74 Å². The number of ether oxygens (including phenoxy) is 1. The molecule has 0 aliphatic carbocycles. The van der Waals surface area contributed by atoms with Crippen molar-refractivity contribution >= 4 is 0 Å². The molecule has 1 saturated heterocycles. The average molecular weight is 398 g/mol. The Morgan fingerprint density at radius 2 is 1.38 bits per heavy atom. The number of nitrogens with zero attached hydrogens (tertiary/aromatic N) is 1. The zero-order chi connectivity index (χ0) is 21.4. The first-order chi connectivity index (χ1) is 13.5. The van der Waals surface area contributed by atoms with Crippen LogP contribution in [0.1, 0.15) is 69.8 Å². The van der Waals surface area contributed by atoms with Crippen molar-refractivity contribution in [2.45, 2.75) is 58.4 Å². The van der Waals surface area contributed by atoms with E-state index in [1.54, 1.807) is 6.07 Å². The highest BCUT2D eigenvalue weighted by Gasteiger charge is 2.31. The van der Waals surface area contributed by atoms with Crippen LogP contribution in [0.15, 0.2) is 36.4 Å². The molecule has 29 heavy (non-hydrogen) atoms. The smallest absolute Gasteiger partial charge is 0.123 e.